The molecule has 1 aliphatic heterocycles. The summed E-state index contributed by atoms with van der Waals surface area (Å²) in [6.07, 6.45) is -5.86. The monoisotopic (exact) mass is 206 g/mol. The highest BCUT2D eigenvalue weighted by molar-refractivity contribution is 5.66. The number of carbonyl (C=O) groups is 1. The molecule has 0 amide bonds. The van der Waals surface area contributed by atoms with Gasteiger partial charge in [0.05, 0.1) is 6.10 Å². The molecule has 1 rings (SSSR count). The summed E-state index contributed by atoms with van der Waals surface area (Å²) in [6.45, 7) is 2.64. The fourth-order valence-corrected chi connectivity index (χ4v) is 1.34. The number of hydrogen-bond acceptors (Lipinski definition) is 6. The van der Waals surface area contributed by atoms with E-state index in [0.29, 0.717) is 0 Å². The van der Waals surface area contributed by atoms with E-state index >= 15 is 0 Å². The van der Waals surface area contributed by atoms with Gasteiger partial charge in [-0.25, -0.2) is 0 Å². The predicted octanol–water partition coefficient (Wildman–Crippen LogP) is -1.62. The van der Waals surface area contributed by atoms with Gasteiger partial charge < -0.3 is 24.8 Å². The van der Waals surface area contributed by atoms with E-state index in [-0.39, 0.29) is 0 Å². The van der Waals surface area contributed by atoms with Crippen LogP contribution in [0.25, 0.3) is 0 Å². The maximum atomic E-state index is 10.6. The van der Waals surface area contributed by atoms with E-state index < -0.39 is 36.7 Å². The van der Waals surface area contributed by atoms with Gasteiger partial charge in [-0.05, 0) is 6.92 Å². The molecule has 1 aliphatic rings. The average molecular weight is 206 g/mol. The largest absolute Gasteiger partial charge is 0.454 e. The molecule has 6 nitrogen and oxygen atoms in total. The van der Waals surface area contributed by atoms with Crippen LogP contribution in [0.1, 0.15) is 13.8 Å². The Labute approximate surface area is 81.1 Å². The molecule has 0 aromatic carbocycles. The topological polar surface area (TPSA) is 96.2 Å². The number of esters is 1. The van der Waals surface area contributed by atoms with Crippen LogP contribution in [0, 0.1) is 0 Å². The van der Waals surface area contributed by atoms with Gasteiger partial charge in [-0.15, -0.1) is 0 Å². The van der Waals surface area contributed by atoms with Crippen molar-refractivity contribution in [3.63, 3.8) is 0 Å². The first-order valence-corrected chi connectivity index (χ1v) is 4.30. The van der Waals surface area contributed by atoms with Crippen LogP contribution in [0.4, 0.5) is 0 Å². The van der Waals surface area contributed by atoms with Crippen LogP contribution in [0.15, 0.2) is 0 Å². The van der Waals surface area contributed by atoms with Crippen molar-refractivity contribution in [2.75, 3.05) is 0 Å². The van der Waals surface area contributed by atoms with E-state index in [0.717, 1.165) is 6.92 Å². The van der Waals surface area contributed by atoms with Crippen LogP contribution in [-0.4, -0.2) is 52.0 Å². The average Bonchev–Trinajstić information content (AvgIpc) is 2.09. The summed E-state index contributed by atoms with van der Waals surface area (Å²) in [4.78, 5) is 10.6. The van der Waals surface area contributed by atoms with E-state index in [4.69, 9.17) is 4.74 Å². The molecule has 6 heteroatoms. The molecule has 0 spiro atoms. The third-order valence-corrected chi connectivity index (χ3v) is 2.10. The molecular formula is C8H14O6. The fourth-order valence-electron chi connectivity index (χ4n) is 1.34. The number of carbonyl (C=O) groups excluding carboxylic acids is 1. The second kappa shape index (κ2) is 4.22. The molecule has 0 unspecified atom stereocenters. The van der Waals surface area contributed by atoms with Crippen molar-refractivity contribution < 1.29 is 29.6 Å². The van der Waals surface area contributed by atoms with Gasteiger partial charge in [-0.1, -0.05) is 0 Å². The van der Waals surface area contributed by atoms with Gasteiger partial charge >= 0.3 is 5.97 Å². The Hall–Kier alpha value is -0.690. The predicted molar refractivity (Wildman–Crippen MR) is 44.1 cm³/mol. The van der Waals surface area contributed by atoms with Crippen LogP contribution in [0.3, 0.4) is 0 Å². The smallest absolute Gasteiger partial charge is 0.303 e. The van der Waals surface area contributed by atoms with Gasteiger partial charge in [0.1, 0.15) is 12.2 Å². The first-order valence-electron chi connectivity index (χ1n) is 4.30. The van der Waals surface area contributed by atoms with Gasteiger partial charge in [0.25, 0.3) is 0 Å². The van der Waals surface area contributed by atoms with E-state index in [9.17, 15) is 20.1 Å². The maximum absolute atomic E-state index is 10.6. The van der Waals surface area contributed by atoms with Crippen LogP contribution in [0.2, 0.25) is 0 Å². The van der Waals surface area contributed by atoms with Crippen LogP contribution in [-0.2, 0) is 14.3 Å². The van der Waals surface area contributed by atoms with Crippen molar-refractivity contribution in [2.24, 2.45) is 0 Å². The van der Waals surface area contributed by atoms with Crippen LogP contribution >= 0.6 is 0 Å². The highest BCUT2D eigenvalue weighted by Gasteiger charge is 2.43. The number of aliphatic hydroxyl groups excluding tert-OH is 3. The first-order chi connectivity index (χ1) is 6.43. The quantitative estimate of drug-likeness (QED) is 0.446. The van der Waals surface area contributed by atoms with E-state index in [2.05, 4.69) is 4.74 Å². The summed E-state index contributed by atoms with van der Waals surface area (Å²) < 4.78 is 9.46. The first kappa shape index (κ1) is 11.4. The van der Waals surface area contributed by atoms with Crippen molar-refractivity contribution in [3.05, 3.63) is 0 Å². The van der Waals surface area contributed by atoms with Crippen molar-refractivity contribution in [1.82, 2.24) is 0 Å². The maximum Gasteiger partial charge on any atom is 0.303 e. The molecule has 1 heterocycles. The molecule has 0 aromatic heterocycles. The highest BCUT2D eigenvalue weighted by atomic mass is 16.7. The van der Waals surface area contributed by atoms with Gasteiger partial charge in [-0.2, -0.15) is 0 Å². The fraction of sp³-hybridized carbons (Fsp3) is 0.875. The molecule has 0 radical (unpaired) electrons. The summed E-state index contributed by atoms with van der Waals surface area (Å²) in [7, 11) is 0. The third-order valence-electron chi connectivity index (χ3n) is 2.10. The van der Waals surface area contributed by atoms with Crippen LogP contribution < -0.4 is 0 Å². The molecule has 5 atom stereocenters. The zero-order valence-electron chi connectivity index (χ0n) is 7.95. The summed E-state index contributed by atoms with van der Waals surface area (Å²) >= 11 is 0. The second-order valence-electron chi connectivity index (χ2n) is 3.29. The van der Waals surface area contributed by atoms with E-state index in [1.54, 1.807) is 0 Å². The van der Waals surface area contributed by atoms with Crippen molar-refractivity contribution >= 4 is 5.97 Å². The lowest BCUT2D eigenvalue weighted by Gasteiger charge is -2.38. The molecule has 0 aromatic rings. The number of rotatable bonds is 1. The van der Waals surface area contributed by atoms with Gasteiger partial charge in [0.2, 0.25) is 0 Å². The van der Waals surface area contributed by atoms with Crippen molar-refractivity contribution in [3.8, 4) is 0 Å². The number of ether oxygens (including phenoxy) is 2. The lowest BCUT2D eigenvalue weighted by atomic mass is 10.00. The summed E-state index contributed by atoms with van der Waals surface area (Å²) in [6, 6.07) is 0. The standard InChI is InChI=1S/C8H14O6/c1-3-5(10)6(11)7(8(12)13-3)14-4(2)9/h3,5-8,10-12H,1-2H3/t3-,5-,6-,7+,8+/m0/s1. The summed E-state index contributed by atoms with van der Waals surface area (Å²) in [5.41, 5.74) is 0. The Balaban J connectivity index is 2.68. The molecule has 3 N–H and O–H groups in total. The lowest BCUT2D eigenvalue weighted by molar-refractivity contribution is -0.282. The van der Waals surface area contributed by atoms with E-state index in [1.807, 2.05) is 0 Å². The Morgan fingerprint density at radius 2 is 1.86 bits per heavy atom. The molecule has 1 fully saturated rings. The number of aliphatic hydroxyl groups is 3. The Kier molecular flexibility index (Phi) is 3.43. The normalized spacial score (nSPS) is 43.4. The van der Waals surface area contributed by atoms with Gasteiger partial charge in [0, 0.05) is 6.92 Å². The minimum absolute atomic E-state index is 0.654. The second-order valence-corrected chi connectivity index (χ2v) is 3.29. The van der Waals surface area contributed by atoms with Gasteiger partial charge in [-0.3, -0.25) is 4.79 Å². The number of hydrogen-bond donors (Lipinski definition) is 3. The minimum atomic E-state index is -1.41. The minimum Gasteiger partial charge on any atom is -0.454 e. The Morgan fingerprint density at radius 3 is 2.36 bits per heavy atom. The van der Waals surface area contributed by atoms with Gasteiger partial charge in [0.15, 0.2) is 12.4 Å². The SMILES string of the molecule is CC(=O)O[C@@H]1[C@@H](O)[C@@H](O)[C@H](C)O[C@H]1O. The Morgan fingerprint density at radius 1 is 1.29 bits per heavy atom. The molecule has 1 saturated heterocycles. The lowest BCUT2D eigenvalue weighted by Crippen LogP contribution is -2.57. The zero-order valence-corrected chi connectivity index (χ0v) is 7.95. The Bertz CT molecular complexity index is 218. The summed E-state index contributed by atoms with van der Waals surface area (Å²) in [5, 5.41) is 28.1. The molecular weight excluding hydrogens is 192 g/mol. The highest BCUT2D eigenvalue weighted by Crippen LogP contribution is 2.21. The molecule has 0 aliphatic carbocycles. The molecule has 0 bridgehead atoms. The molecule has 0 saturated carbocycles. The van der Waals surface area contributed by atoms with Crippen molar-refractivity contribution in [1.29, 1.82) is 0 Å². The summed E-state index contributed by atoms with van der Waals surface area (Å²) in [5.74, 6) is -0.654. The third kappa shape index (κ3) is 2.21. The zero-order chi connectivity index (χ0) is 10.9. The van der Waals surface area contributed by atoms with Crippen LogP contribution in [0.5, 0.6) is 0 Å². The molecule has 14 heavy (non-hydrogen) atoms. The van der Waals surface area contributed by atoms with Crippen molar-refractivity contribution in [2.45, 2.75) is 44.6 Å². The molecule has 82 valence electrons. The van der Waals surface area contributed by atoms with E-state index in [1.165, 1.54) is 6.92 Å².